The molecule has 1 atom stereocenters. The number of amides is 1. The van der Waals surface area contributed by atoms with Crippen LogP contribution in [0, 0.1) is 0 Å². The minimum absolute atomic E-state index is 0.0999. The Balaban J connectivity index is 1.95. The normalized spacial score (nSPS) is 16.2. The van der Waals surface area contributed by atoms with Crippen LogP contribution in [0.1, 0.15) is 48.5 Å². The largest absolute Gasteiger partial charge is 0.487 e. The molecule has 1 aromatic heterocycles. The van der Waals surface area contributed by atoms with E-state index in [-0.39, 0.29) is 11.9 Å². The van der Waals surface area contributed by atoms with Crippen molar-refractivity contribution in [2.24, 2.45) is 10.7 Å². The van der Waals surface area contributed by atoms with Crippen LogP contribution in [0.2, 0.25) is 0 Å². The molecule has 0 radical (unpaired) electrons. The number of rotatable bonds is 6. The first-order valence-corrected chi connectivity index (χ1v) is 9.30. The van der Waals surface area contributed by atoms with Gasteiger partial charge in [0.15, 0.2) is 0 Å². The third-order valence-electron chi connectivity index (χ3n) is 4.38. The molecule has 0 fully saturated rings. The van der Waals surface area contributed by atoms with Crippen molar-refractivity contribution >= 4 is 11.7 Å². The predicted molar refractivity (Wildman–Crippen MR) is 110 cm³/mol. The highest BCUT2D eigenvalue weighted by atomic mass is 16.5. The standard InChI is InChI=1S/C21H25N5O3/c1-13(16-5-8-24-12-25-16)28-17-9-14(20(27)26-19(22)6-7-23-4)10-18-15(17)11-21(2,3)29-18/h5-10,12-13,23H,11H2,1-4H3,(H2,22,26,27)/b7-6-. The van der Waals surface area contributed by atoms with Crippen molar-refractivity contribution in [1.82, 2.24) is 15.3 Å². The number of carbonyl (C=O) groups is 1. The van der Waals surface area contributed by atoms with Crippen molar-refractivity contribution in [3.05, 3.63) is 59.8 Å². The highest BCUT2D eigenvalue weighted by Gasteiger charge is 2.34. The number of hydrogen-bond donors (Lipinski definition) is 2. The summed E-state index contributed by atoms with van der Waals surface area (Å²) < 4.78 is 12.2. The molecule has 0 saturated heterocycles. The van der Waals surface area contributed by atoms with Crippen molar-refractivity contribution in [2.45, 2.75) is 38.9 Å². The van der Waals surface area contributed by atoms with E-state index in [4.69, 9.17) is 15.2 Å². The predicted octanol–water partition coefficient (Wildman–Crippen LogP) is 2.56. The third kappa shape index (κ3) is 4.90. The van der Waals surface area contributed by atoms with Gasteiger partial charge in [0.25, 0.3) is 5.91 Å². The van der Waals surface area contributed by atoms with Gasteiger partial charge in [0, 0.05) is 30.8 Å². The quantitative estimate of drug-likeness (QED) is 0.571. The van der Waals surface area contributed by atoms with Gasteiger partial charge in [0.2, 0.25) is 0 Å². The number of carbonyl (C=O) groups excluding carboxylic acids is 1. The molecule has 0 saturated carbocycles. The number of benzene rings is 1. The van der Waals surface area contributed by atoms with E-state index in [2.05, 4.69) is 20.3 Å². The topological polar surface area (TPSA) is 112 Å². The van der Waals surface area contributed by atoms with Crippen LogP contribution in [0.15, 0.2) is 48.0 Å². The Bertz CT molecular complexity index is 954. The summed E-state index contributed by atoms with van der Waals surface area (Å²) in [6, 6.07) is 5.16. The number of nitrogens with zero attached hydrogens (tertiary/aromatic N) is 3. The van der Waals surface area contributed by atoms with Crippen LogP contribution in [0.3, 0.4) is 0 Å². The molecule has 0 spiro atoms. The average Bonchev–Trinajstić information content (AvgIpc) is 3.01. The molecule has 1 aliphatic heterocycles. The van der Waals surface area contributed by atoms with Crippen molar-refractivity contribution < 1.29 is 14.3 Å². The first-order valence-electron chi connectivity index (χ1n) is 9.30. The number of hydrogen-bond acceptors (Lipinski definition) is 6. The minimum Gasteiger partial charge on any atom is -0.487 e. The van der Waals surface area contributed by atoms with Crippen LogP contribution in [0.5, 0.6) is 11.5 Å². The molecule has 2 heterocycles. The number of amidine groups is 1. The smallest absolute Gasteiger partial charge is 0.279 e. The molecule has 3 N–H and O–H groups in total. The van der Waals surface area contributed by atoms with E-state index in [9.17, 15) is 4.79 Å². The maximum Gasteiger partial charge on any atom is 0.279 e. The van der Waals surface area contributed by atoms with Gasteiger partial charge >= 0.3 is 0 Å². The Labute approximate surface area is 169 Å². The van der Waals surface area contributed by atoms with E-state index in [0.29, 0.717) is 23.5 Å². The summed E-state index contributed by atoms with van der Waals surface area (Å²) in [7, 11) is 1.73. The summed E-state index contributed by atoms with van der Waals surface area (Å²) in [6.45, 7) is 5.87. The van der Waals surface area contributed by atoms with Crippen molar-refractivity contribution in [1.29, 1.82) is 0 Å². The average molecular weight is 395 g/mol. The first-order chi connectivity index (χ1) is 13.8. The summed E-state index contributed by atoms with van der Waals surface area (Å²) >= 11 is 0. The zero-order valence-corrected chi connectivity index (χ0v) is 17.0. The van der Waals surface area contributed by atoms with Crippen LogP contribution in [-0.4, -0.2) is 34.4 Å². The number of aromatic nitrogens is 2. The fourth-order valence-corrected chi connectivity index (χ4v) is 3.05. The Morgan fingerprint density at radius 2 is 2.24 bits per heavy atom. The zero-order valence-electron chi connectivity index (χ0n) is 17.0. The molecular weight excluding hydrogens is 370 g/mol. The highest BCUT2D eigenvalue weighted by Crippen LogP contribution is 2.42. The van der Waals surface area contributed by atoms with Gasteiger partial charge in [-0.1, -0.05) is 0 Å². The Kier molecular flexibility index (Phi) is 5.81. The number of ether oxygens (including phenoxy) is 2. The molecule has 8 nitrogen and oxygen atoms in total. The Hall–Kier alpha value is -3.42. The van der Waals surface area contributed by atoms with E-state index in [1.165, 1.54) is 12.4 Å². The lowest BCUT2D eigenvalue weighted by Crippen LogP contribution is -2.24. The molecule has 1 amide bonds. The number of nitrogens with one attached hydrogen (secondary N) is 1. The SMILES string of the molecule is CN/C=C\C(N)=NC(=O)c1cc(OC(C)c2ccncn2)c2c(c1)OC(C)(C)C2. The highest BCUT2D eigenvalue weighted by molar-refractivity contribution is 6.06. The summed E-state index contributed by atoms with van der Waals surface area (Å²) in [4.78, 5) is 24.7. The summed E-state index contributed by atoms with van der Waals surface area (Å²) in [6.07, 6.45) is 6.58. The van der Waals surface area contributed by atoms with Crippen LogP contribution in [-0.2, 0) is 6.42 Å². The minimum atomic E-state index is -0.473. The van der Waals surface area contributed by atoms with Gasteiger partial charge in [0.1, 0.15) is 35.4 Å². The van der Waals surface area contributed by atoms with Crippen molar-refractivity contribution in [2.75, 3.05) is 7.05 Å². The van der Waals surface area contributed by atoms with Gasteiger partial charge in [-0.25, -0.2) is 9.97 Å². The zero-order chi connectivity index (χ0) is 21.0. The van der Waals surface area contributed by atoms with Gasteiger partial charge in [-0.15, -0.1) is 0 Å². The fraction of sp³-hybridized carbons (Fsp3) is 0.333. The van der Waals surface area contributed by atoms with Crippen LogP contribution >= 0.6 is 0 Å². The van der Waals surface area contributed by atoms with E-state index in [1.54, 1.807) is 37.6 Å². The van der Waals surface area contributed by atoms with Crippen molar-refractivity contribution in [3.8, 4) is 11.5 Å². The molecule has 2 aromatic rings. The lowest BCUT2D eigenvalue weighted by Gasteiger charge is -2.17. The van der Waals surface area contributed by atoms with Crippen LogP contribution in [0.25, 0.3) is 0 Å². The monoisotopic (exact) mass is 395 g/mol. The molecule has 1 aromatic carbocycles. The summed E-state index contributed by atoms with van der Waals surface area (Å²) in [5.74, 6) is 0.814. The van der Waals surface area contributed by atoms with Crippen molar-refractivity contribution in [3.63, 3.8) is 0 Å². The summed E-state index contributed by atoms with van der Waals surface area (Å²) in [5, 5.41) is 2.80. The molecule has 152 valence electrons. The lowest BCUT2D eigenvalue weighted by molar-refractivity contribution is 0.1000. The first kappa shape index (κ1) is 20.3. The van der Waals surface area contributed by atoms with Crippen LogP contribution in [0.4, 0.5) is 0 Å². The van der Waals surface area contributed by atoms with Gasteiger partial charge in [-0.05, 0) is 51.2 Å². The second-order valence-electron chi connectivity index (χ2n) is 7.35. The number of nitrogens with two attached hydrogens (primary N) is 1. The fourth-order valence-electron chi connectivity index (χ4n) is 3.05. The molecule has 29 heavy (non-hydrogen) atoms. The van der Waals surface area contributed by atoms with Gasteiger partial charge in [-0.2, -0.15) is 4.99 Å². The molecule has 8 heteroatoms. The molecular formula is C21H25N5O3. The Morgan fingerprint density at radius 3 is 2.93 bits per heavy atom. The van der Waals surface area contributed by atoms with Gasteiger partial charge in [0.05, 0.1) is 5.69 Å². The van der Waals surface area contributed by atoms with Gasteiger partial charge in [-0.3, -0.25) is 4.79 Å². The lowest BCUT2D eigenvalue weighted by atomic mass is 9.99. The maximum atomic E-state index is 12.6. The van der Waals surface area contributed by atoms with E-state index < -0.39 is 11.5 Å². The molecule has 0 aliphatic carbocycles. The number of fused-ring (bicyclic) bond motifs is 1. The van der Waals surface area contributed by atoms with Gasteiger partial charge < -0.3 is 20.5 Å². The van der Waals surface area contributed by atoms with E-state index >= 15 is 0 Å². The van der Waals surface area contributed by atoms with E-state index in [1.807, 2.05) is 20.8 Å². The summed E-state index contributed by atoms with van der Waals surface area (Å²) in [5.41, 5.74) is 7.38. The third-order valence-corrected chi connectivity index (χ3v) is 4.38. The molecule has 0 bridgehead atoms. The Morgan fingerprint density at radius 1 is 1.45 bits per heavy atom. The van der Waals surface area contributed by atoms with E-state index in [0.717, 1.165) is 11.3 Å². The maximum absolute atomic E-state index is 12.6. The molecule has 1 unspecified atom stereocenters. The van der Waals surface area contributed by atoms with Crippen LogP contribution < -0.4 is 20.5 Å². The second kappa shape index (κ2) is 8.30. The second-order valence-corrected chi connectivity index (χ2v) is 7.35. The molecule has 3 rings (SSSR count). The molecule has 1 aliphatic rings. The number of aliphatic imine (C=N–C) groups is 1.